The van der Waals surface area contributed by atoms with Gasteiger partial charge in [0, 0.05) is 13.0 Å². The molecule has 2 aromatic rings. The molecule has 1 atom stereocenters. The monoisotopic (exact) mass is 351 g/mol. The van der Waals surface area contributed by atoms with Crippen molar-refractivity contribution >= 4 is 11.9 Å². The number of hydrogen-bond acceptors (Lipinski definition) is 2. The summed E-state index contributed by atoms with van der Waals surface area (Å²) >= 11 is 0. The molecule has 0 aromatic heterocycles. The molecule has 0 spiro atoms. The number of aryl methyl sites for hydroxylation is 3. The molecule has 4 nitrogen and oxygen atoms in total. The van der Waals surface area contributed by atoms with Gasteiger partial charge >= 0.3 is 5.97 Å². The minimum Gasteiger partial charge on any atom is -0.478 e. The van der Waals surface area contributed by atoms with Gasteiger partial charge in [-0.3, -0.25) is 4.79 Å². The summed E-state index contributed by atoms with van der Waals surface area (Å²) in [5, 5.41) is 8.96. The van der Waals surface area contributed by atoms with Gasteiger partial charge in [0.25, 0.3) is 0 Å². The number of aromatic carboxylic acids is 1. The van der Waals surface area contributed by atoms with Crippen LogP contribution in [0, 0.1) is 13.8 Å². The molecule has 2 aromatic carbocycles. The van der Waals surface area contributed by atoms with Gasteiger partial charge in [-0.05, 0) is 61.9 Å². The Morgan fingerprint density at radius 1 is 1.12 bits per heavy atom. The smallest absolute Gasteiger partial charge is 0.335 e. The van der Waals surface area contributed by atoms with Crippen LogP contribution in [0.5, 0.6) is 0 Å². The van der Waals surface area contributed by atoms with E-state index in [1.165, 1.54) is 16.7 Å². The van der Waals surface area contributed by atoms with Crippen LogP contribution in [-0.2, 0) is 11.2 Å². The van der Waals surface area contributed by atoms with Crippen LogP contribution in [-0.4, -0.2) is 28.4 Å². The Morgan fingerprint density at radius 3 is 2.54 bits per heavy atom. The third kappa shape index (κ3) is 3.96. The maximum Gasteiger partial charge on any atom is 0.335 e. The van der Waals surface area contributed by atoms with Crippen molar-refractivity contribution in [2.45, 2.75) is 45.6 Å². The second kappa shape index (κ2) is 7.73. The molecule has 1 heterocycles. The molecule has 0 aliphatic carbocycles. The highest BCUT2D eigenvalue weighted by Gasteiger charge is 2.30. The van der Waals surface area contributed by atoms with Crippen LogP contribution in [0.1, 0.15) is 57.9 Å². The predicted molar refractivity (Wildman–Crippen MR) is 101 cm³/mol. The van der Waals surface area contributed by atoms with E-state index in [0.29, 0.717) is 12.8 Å². The zero-order valence-electron chi connectivity index (χ0n) is 15.4. The number of carbonyl (C=O) groups excluding carboxylic acids is 1. The molecule has 1 fully saturated rings. The van der Waals surface area contributed by atoms with E-state index in [-0.39, 0.29) is 17.5 Å². The van der Waals surface area contributed by atoms with Crippen LogP contribution in [0.15, 0.2) is 42.5 Å². The number of carboxylic acids is 1. The van der Waals surface area contributed by atoms with E-state index in [0.717, 1.165) is 24.9 Å². The van der Waals surface area contributed by atoms with E-state index in [2.05, 4.69) is 32.0 Å². The van der Waals surface area contributed by atoms with Crippen molar-refractivity contribution in [1.82, 2.24) is 4.90 Å². The number of amides is 1. The van der Waals surface area contributed by atoms with E-state index in [4.69, 9.17) is 5.11 Å². The first-order valence-electron chi connectivity index (χ1n) is 9.14. The highest BCUT2D eigenvalue weighted by molar-refractivity contribution is 5.87. The minimum atomic E-state index is -0.930. The summed E-state index contributed by atoms with van der Waals surface area (Å²) in [5.41, 5.74) is 5.00. The van der Waals surface area contributed by atoms with Crippen molar-refractivity contribution in [3.63, 3.8) is 0 Å². The van der Waals surface area contributed by atoms with E-state index in [9.17, 15) is 9.59 Å². The van der Waals surface area contributed by atoms with Gasteiger partial charge in [-0.15, -0.1) is 0 Å². The fourth-order valence-corrected chi connectivity index (χ4v) is 3.72. The lowest BCUT2D eigenvalue weighted by Gasteiger charge is -2.27. The van der Waals surface area contributed by atoms with Crippen LogP contribution < -0.4 is 0 Å². The molecule has 1 N–H and O–H groups in total. The molecule has 0 saturated carbocycles. The molecule has 1 amide bonds. The number of hydrogen-bond donors (Lipinski definition) is 1. The second-order valence-corrected chi connectivity index (χ2v) is 7.11. The van der Waals surface area contributed by atoms with Gasteiger partial charge in [-0.1, -0.05) is 35.9 Å². The van der Waals surface area contributed by atoms with Crippen LogP contribution >= 0.6 is 0 Å². The first-order chi connectivity index (χ1) is 12.5. The lowest BCUT2D eigenvalue weighted by molar-refractivity contribution is -0.132. The van der Waals surface area contributed by atoms with E-state index < -0.39 is 5.97 Å². The van der Waals surface area contributed by atoms with Gasteiger partial charge in [-0.2, -0.15) is 0 Å². The molecule has 1 saturated heterocycles. The number of nitrogens with zero attached hydrogens (tertiary/aromatic N) is 1. The first-order valence-corrected chi connectivity index (χ1v) is 9.14. The Morgan fingerprint density at radius 2 is 1.85 bits per heavy atom. The largest absolute Gasteiger partial charge is 0.478 e. The molecular weight excluding hydrogens is 326 g/mol. The molecule has 0 radical (unpaired) electrons. The molecule has 1 aliphatic heterocycles. The number of carboxylic acid groups (broad SMARTS) is 1. The third-order valence-electron chi connectivity index (χ3n) is 5.20. The highest BCUT2D eigenvalue weighted by atomic mass is 16.4. The van der Waals surface area contributed by atoms with Gasteiger partial charge in [-0.25, -0.2) is 4.79 Å². The van der Waals surface area contributed by atoms with Crippen LogP contribution in [0.4, 0.5) is 0 Å². The van der Waals surface area contributed by atoms with Gasteiger partial charge in [0.2, 0.25) is 5.91 Å². The number of carbonyl (C=O) groups is 2. The fourth-order valence-electron chi connectivity index (χ4n) is 3.72. The van der Waals surface area contributed by atoms with Gasteiger partial charge < -0.3 is 10.0 Å². The first kappa shape index (κ1) is 18.2. The Balaban J connectivity index is 1.66. The Labute approximate surface area is 154 Å². The average molecular weight is 351 g/mol. The molecule has 1 aliphatic rings. The SMILES string of the molecule is Cc1ccc(C)c(C2CCCN2C(=O)CCc2ccc(C(=O)O)cc2)c1. The number of rotatable bonds is 5. The summed E-state index contributed by atoms with van der Waals surface area (Å²) in [7, 11) is 0. The van der Waals surface area contributed by atoms with Crippen molar-refractivity contribution in [3.8, 4) is 0 Å². The maximum atomic E-state index is 12.8. The molecule has 136 valence electrons. The normalized spacial score (nSPS) is 16.7. The van der Waals surface area contributed by atoms with E-state index >= 15 is 0 Å². The van der Waals surface area contributed by atoms with Crippen LogP contribution in [0.25, 0.3) is 0 Å². The summed E-state index contributed by atoms with van der Waals surface area (Å²) in [6, 6.07) is 13.4. The van der Waals surface area contributed by atoms with Crippen molar-refractivity contribution in [2.24, 2.45) is 0 Å². The van der Waals surface area contributed by atoms with Gasteiger partial charge in [0.1, 0.15) is 0 Å². The van der Waals surface area contributed by atoms with Gasteiger partial charge in [0.05, 0.1) is 11.6 Å². The third-order valence-corrected chi connectivity index (χ3v) is 5.20. The molecule has 26 heavy (non-hydrogen) atoms. The molecule has 3 rings (SSSR count). The van der Waals surface area contributed by atoms with Crippen LogP contribution in [0.3, 0.4) is 0 Å². The standard InChI is InChI=1S/C22H25NO3/c1-15-5-6-16(2)19(14-15)20-4-3-13-23(20)21(24)12-9-17-7-10-18(11-8-17)22(25)26/h5-8,10-11,14,20H,3-4,9,12-13H2,1-2H3,(H,25,26). The van der Waals surface area contributed by atoms with Gasteiger partial charge in [0.15, 0.2) is 0 Å². The van der Waals surface area contributed by atoms with Crippen LogP contribution in [0.2, 0.25) is 0 Å². The second-order valence-electron chi connectivity index (χ2n) is 7.11. The number of likely N-dealkylation sites (tertiary alicyclic amines) is 1. The summed E-state index contributed by atoms with van der Waals surface area (Å²) in [5.74, 6) is -0.753. The summed E-state index contributed by atoms with van der Waals surface area (Å²) < 4.78 is 0. The van der Waals surface area contributed by atoms with Crippen molar-refractivity contribution < 1.29 is 14.7 Å². The molecule has 0 bridgehead atoms. The zero-order valence-corrected chi connectivity index (χ0v) is 15.4. The topological polar surface area (TPSA) is 57.6 Å². The molecule has 1 unspecified atom stereocenters. The molecule has 4 heteroatoms. The summed E-state index contributed by atoms with van der Waals surface area (Å²) in [6.07, 6.45) is 3.14. The lowest BCUT2D eigenvalue weighted by Crippen LogP contribution is -2.31. The Hall–Kier alpha value is -2.62. The predicted octanol–water partition coefficient (Wildman–Crippen LogP) is 4.30. The lowest BCUT2D eigenvalue weighted by atomic mass is 9.97. The van der Waals surface area contributed by atoms with Crippen molar-refractivity contribution in [3.05, 3.63) is 70.3 Å². The zero-order chi connectivity index (χ0) is 18.7. The van der Waals surface area contributed by atoms with E-state index in [1.54, 1.807) is 24.3 Å². The van der Waals surface area contributed by atoms with Crippen molar-refractivity contribution in [2.75, 3.05) is 6.54 Å². The number of benzene rings is 2. The minimum absolute atomic E-state index is 0.177. The maximum absolute atomic E-state index is 12.8. The molecular formula is C22H25NO3. The fraction of sp³-hybridized carbons (Fsp3) is 0.364. The Bertz CT molecular complexity index is 811. The Kier molecular flexibility index (Phi) is 5.40. The summed E-state index contributed by atoms with van der Waals surface area (Å²) in [6.45, 7) is 5.01. The quantitative estimate of drug-likeness (QED) is 0.874. The van der Waals surface area contributed by atoms with E-state index in [1.807, 2.05) is 4.90 Å². The average Bonchev–Trinajstić information content (AvgIpc) is 3.11. The van der Waals surface area contributed by atoms with Crippen molar-refractivity contribution in [1.29, 1.82) is 0 Å². The highest BCUT2D eigenvalue weighted by Crippen LogP contribution is 2.34. The summed E-state index contributed by atoms with van der Waals surface area (Å²) in [4.78, 5) is 25.7.